The number of hydrogen-bond donors (Lipinski definition) is 0. The van der Waals surface area contributed by atoms with E-state index in [2.05, 4.69) is 17.1 Å². The number of methoxy groups -OCH3 is 1. The monoisotopic (exact) mass is 401 g/mol. The third-order valence-corrected chi connectivity index (χ3v) is 5.68. The fourth-order valence-corrected chi connectivity index (χ4v) is 4.00. The normalized spacial score (nSPS) is 16.3. The van der Waals surface area contributed by atoms with Crippen molar-refractivity contribution in [2.75, 3.05) is 20.2 Å². The topological polar surface area (TPSA) is 55.3 Å². The molecule has 2 aromatic carbocycles. The van der Waals surface area contributed by atoms with Crippen molar-refractivity contribution in [3.63, 3.8) is 0 Å². The maximum absolute atomic E-state index is 12.8. The standard InChI is InChI=1S/C25H27N3O2/c1-30-22-11-5-9-20(15-22)23-16-26-17-24(27-23)21-10-6-14-28(18-21)25(29)13-12-19-7-3-2-4-8-19/h2-5,7-9,11,15-17,21H,6,10,12-14,18H2,1H3. The minimum absolute atomic E-state index is 0.220. The molecule has 4 rings (SSSR count). The van der Waals surface area contributed by atoms with Crippen LogP contribution in [0.4, 0.5) is 0 Å². The number of hydrogen-bond acceptors (Lipinski definition) is 4. The summed E-state index contributed by atoms with van der Waals surface area (Å²) in [6, 6.07) is 18.0. The van der Waals surface area contributed by atoms with E-state index in [1.807, 2.05) is 53.6 Å². The SMILES string of the molecule is COc1cccc(-c2cncc(C3CCCN(C(=O)CCc4ccccc4)C3)n2)c1. The molecule has 30 heavy (non-hydrogen) atoms. The highest BCUT2D eigenvalue weighted by Gasteiger charge is 2.26. The van der Waals surface area contributed by atoms with Gasteiger partial charge in [0.25, 0.3) is 0 Å². The van der Waals surface area contributed by atoms with Gasteiger partial charge >= 0.3 is 0 Å². The average molecular weight is 402 g/mol. The summed E-state index contributed by atoms with van der Waals surface area (Å²) < 4.78 is 5.33. The van der Waals surface area contributed by atoms with E-state index in [0.29, 0.717) is 13.0 Å². The van der Waals surface area contributed by atoms with Crippen LogP contribution in [0.5, 0.6) is 5.75 Å². The number of carbonyl (C=O) groups excluding carboxylic acids is 1. The number of benzene rings is 2. The zero-order valence-corrected chi connectivity index (χ0v) is 17.3. The molecule has 0 spiro atoms. The first-order chi connectivity index (χ1) is 14.7. The fraction of sp³-hybridized carbons (Fsp3) is 0.320. The molecule has 1 saturated heterocycles. The maximum Gasteiger partial charge on any atom is 0.222 e. The summed E-state index contributed by atoms with van der Waals surface area (Å²) in [4.78, 5) is 24.1. The van der Waals surface area contributed by atoms with Crippen molar-refractivity contribution in [2.24, 2.45) is 0 Å². The van der Waals surface area contributed by atoms with E-state index in [1.54, 1.807) is 13.3 Å². The number of aryl methyl sites for hydroxylation is 1. The van der Waals surface area contributed by atoms with E-state index in [9.17, 15) is 4.79 Å². The molecule has 154 valence electrons. The smallest absolute Gasteiger partial charge is 0.222 e. The van der Waals surface area contributed by atoms with Crippen molar-refractivity contribution in [1.29, 1.82) is 0 Å². The number of carbonyl (C=O) groups is 1. The van der Waals surface area contributed by atoms with Crippen molar-refractivity contribution in [3.05, 3.63) is 78.2 Å². The van der Waals surface area contributed by atoms with Crippen LogP contribution in [0.15, 0.2) is 67.0 Å². The van der Waals surface area contributed by atoms with Gasteiger partial charge in [-0.25, -0.2) is 4.98 Å². The number of rotatable bonds is 6. The lowest BCUT2D eigenvalue weighted by molar-refractivity contribution is -0.132. The van der Waals surface area contributed by atoms with Crippen molar-refractivity contribution < 1.29 is 9.53 Å². The van der Waals surface area contributed by atoms with Crippen LogP contribution in [-0.4, -0.2) is 41.0 Å². The third kappa shape index (κ3) is 4.85. The molecule has 1 amide bonds. The summed E-state index contributed by atoms with van der Waals surface area (Å²) in [6.45, 7) is 1.54. The molecular formula is C25H27N3O2. The summed E-state index contributed by atoms with van der Waals surface area (Å²) in [7, 11) is 1.66. The van der Waals surface area contributed by atoms with Gasteiger partial charge in [0.1, 0.15) is 5.75 Å². The first-order valence-corrected chi connectivity index (χ1v) is 10.5. The Hall–Kier alpha value is -3.21. The van der Waals surface area contributed by atoms with E-state index >= 15 is 0 Å². The molecule has 1 atom stereocenters. The summed E-state index contributed by atoms with van der Waals surface area (Å²) in [5, 5.41) is 0. The maximum atomic E-state index is 12.8. The van der Waals surface area contributed by atoms with Gasteiger partial charge in [0.2, 0.25) is 5.91 Å². The molecule has 1 fully saturated rings. The predicted molar refractivity (Wildman–Crippen MR) is 117 cm³/mol. The van der Waals surface area contributed by atoms with Crippen LogP contribution in [-0.2, 0) is 11.2 Å². The molecule has 5 nitrogen and oxygen atoms in total. The first-order valence-electron chi connectivity index (χ1n) is 10.5. The minimum atomic E-state index is 0.220. The van der Waals surface area contributed by atoms with Gasteiger partial charge in [-0.2, -0.15) is 0 Å². The number of ether oxygens (including phenoxy) is 1. The molecule has 1 aliphatic heterocycles. The van der Waals surface area contributed by atoms with Gasteiger partial charge in [0, 0.05) is 37.2 Å². The zero-order valence-electron chi connectivity index (χ0n) is 17.3. The first kappa shape index (κ1) is 20.1. The summed E-state index contributed by atoms with van der Waals surface area (Å²) in [5.41, 5.74) is 3.97. The van der Waals surface area contributed by atoms with Gasteiger partial charge < -0.3 is 9.64 Å². The molecule has 1 aliphatic rings. The minimum Gasteiger partial charge on any atom is -0.497 e. The Bertz CT molecular complexity index is 990. The molecule has 0 bridgehead atoms. The molecule has 1 unspecified atom stereocenters. The van der Waals surface area contributed by atoms with E-state index in [1.165, 1.54) is 5.56 Å². The molecule has 0 saturated carbocycles. The molecular weight excluding hydrogens is 374 g/mol. The lowest BCUT2D eigenvalue weighted by atomic mass is 9.94. The third-order valence-electron chi connectivity index (χ3n) is 5.68. The highest BCUT2D eigenvalue weighted by molar-refractivity contribution is 5.76. The molecule has 0 N–H and O–H groups in total. The Morgan fingerprint density at radius 3 is 2.83 bits per heavy atom. The molecule has 0 aliphatic carbocycles. The molecule has 1 aromatic heterocycles. The number of amides is 1. The second kappa shape index (κ2) is 9.53. The quantitative estimate of drug-likeness (QED) is 0.611. The van der Waals surface area contributed by atoms with Gasteiger partial charge in [-0.15, -0.1) is 0 Å². The number of likely N-dealkylation sites (tertiary alicyclic amines) is 1. The van der Waals surface area contributed by atoms with Gasteiger partial charge in [-0.05, 0) is 37.0 Å². The second-order valence-electron chi connectivity index (χ2n) is 7.73. The predicted octanol–water partition coefficient (Wildman–Crippen LogP) is 4.49. The number of nitrogens with zero attached hydrogens (tertiary/aromatic N) is 3. The largest absolute Gasteiger partial charge is 0.497 e. The average Bonchev–Trinajstić information content (AvgIpc) is 2.83. The van der Waals surface area contributed by atoms with Crippen LogP contribution in [0.1, 0.15) is 36.4 Å². The molecule has 0 radical (unpaired) electrons. The summed E-state index contributed by atoms with van der Waals surface area (Å²) >= 11 is 0. The number of piperidine rings is 1. The fourth-order valence-electron chi connectivity index (χ4n) is 4.00. The highest BCUT2D eigenvalue weighted by Crippen LogP contribution is 2.28. The van der Waals surface area contributed by atoms with Crippen LogP contribution in [0.2, 0.25) is 0 Å². The van der Waals surface area contributed by atoms with Gasteiger partial charge in [0.15, 0.2) is 0 Å². The number of aromatic nitrogens is 2. The summed E-state index contributed by atoms with van der Waals surface area (Å²) in [6.07, 6.45) is 6.97. The summed E-state index contributed by atoms with van der Waals surface area (Å²) in [5.74, 6) is 1.24. The zero-order chi connectivity index (χ0) is 20.8. The van der Waals surface area contributed by atoms with Gasteiger partial charge in [-0.3, -0.25) is 9.78 Å². The van der Waals surface area contributed by atoms with Crippen molar-refractivity contribution >= 4 is 5.91 Å². The Morgan fingerprint density at radius 2 is 2.00 bits per heavy atom. The highest BCUT2D eigenvalue weighted by atomic mass is 16.5. The molecule has 5 heteroatoms. The Labute approximate surface area is 177 Å². The van der Waals surface area contributed by atoms with Crippen molar-refractivity contribution in [3.8, 4) is 17.0 Å². The lowest BCUT2D eigenvalue weighted by Crippen LogP contribution is -2.39. The van der Waals surface area contributed by atoms with Crippen LogP contribution >= 0.6 is 0 Å². The van der Waals surface area contributed by atoms with Crippen LogP contribution < -0.4 is 4.74 Å². The Kier molecular flexibility index (Phi) is 6.38. The second-order valence-corrected chi connectivity index (χ2v) is 7.73. The van der Waals surface area contributed by atoms with Gasteiger partial charge in [0.05, 0.1) is 24.7 Å². The Balaban J connectivity index is 1.43. The van der Waals surface area contributed by atoms with Gasteiger partial charge in [-0.1, -0.05) is 42.5 Å². The van der Waals surface area contributed by atoms with E-state index in [4.69, 9.17) is 9.72 Å². The molecule has 3 aromatic rings. The van der Waals surface area contributed by atoms with E-state index < -0.39 is 0 Å². The van der Waals surface area contributed by atoms with E-state index in [-0.39, 0.29) is 11.8 Å². The molecule has 2 heterocycles. The van der Waals surface area contributed by atoms with Crippen molar-refractivity contribution in [1.82, 2.24) is 14.9 Å². The van der Waals surface area contributed by atoms with Crippen molar-refractivity contribution in [2.45, 2.75) is 31.6 Å². The van der Waals surface area contributed by atoms with Crippen LogP contribution in [0, 0.1) is 0 Å². The van der Waals surface area contributed by atoms with Crippen LogP contribution in [0.25, 0.3) is 11.3 Å². The van der Waals surface area contributed by atoms with Crippen LogP contribution in [0.3, 0.4) is 0 Å². The van der Waals surface area contributed by atoms with E-state index in [0.717, 1.165) is 48.5 Å². The lowest BCUT2D eigenvalue weighted by Gasteiger charge is -2.32. The Morgan fingerprint density at radius 1 is 1.13 bits per heavy atom.